The SMILES string of the molecule is Cc1cnc(C2CN(C(=O)c3ccc(C#N)cc3)C2)n1Cc1cccnc1. The van der Waals surface area contributed by atoms with Crippen molar-refractivity contribution in [1.29, 1.82) is 5.26 Å². The van der Waals surface area contributed by atoms with Crippen LogP contribution >= 0.6 is 0 Å². The van der Waals surface area contributed by atoms with Crippen LogP contribution in [0.2, 0.25) is 0 Å². The van der Waals surface area contributed by atoms with Crippen molar-refractivity contribution in [2.45, 2.75) is 19.4 Å². The van der Waals surface area contributed by atoms with Gasteiger partial charge in [0.15, 0.2) is 0 Å². The molecule has 0 spiro atoms. The predicted octanol–water partition coefficient (Wildman–Crippen LogP) is 2.75. The average Bonchev–Trinajstić information content (AvgIpc) is 3.02. The minimum atomic E-state index is -0.00201. The molecule has 0 bridgehead atoms. The second-order valence-corrected chi connectivity index (χ2v) is 6.80. The van der Waals surface area contributed by atoms with Crippen molar-refractivity contribution >= 4 is 5.91 Å². The zero-order valence-corrected chi connectivity index (χ0v) is 15.0. The molecule has 1 aliphatic heterocycles. The molecule has 0 saturated carbocycles. The van der Waals surface area contributed by atoms with E-state index in [1.54, 1.807) is 30.5 Å². The molecule has 3 heterocycles. The Morgan fingerprint density at radius 1 is 1.22 bits per heavy atom. The highest BCUT2D eigenvalue weighted by atomic mass is 16.2. The van der Waals surface area contributed by atoms with Gasteiger partial charge in [0.25, 0.3) is 5.91 Å². The molecule has 1 saturated heterocycles. The Bertz CT molecular complexity index is 995. The lowest BCUT2D eigenvalue weighted by Gasteiger charge is -2.39. The first-order chi connectivity index (χ1) is 13.2. The zero-order chi connectivity index (χ0) is 18.8. The van der Waals surface area contributed by atoms with Gasteiger partial charge in [-0.1, -0.05) is 6.07 Å². The number of imidazole rings is 1. The molecule has 134 valence electrons. The van der Waals surface area contributed by atoms with Crippen LogP contribution in [-0.4, -0.2) is 38.4 Å². The van der Waals surface area contributed by atoms with Gasteiger partial charge in [-0.25, -0.2) is 4.98 Å². The zero-order valence-electron chi connectivity index (χ0n) is 15.0. The second-order valence-electron chi connectivity index (χ2n) is 6.80. The quantitative estimate of drug-likeness (QED) is 0.719. The lowest BCUT2D eigenvalue weighted by Crippen LogP contribution is -2.49. The van der Waals surface area contributed by atoms with Crippen LogP contribution in [0.25, 0.3) is 0 Å². The average molecular weight is 357 g/mol. The predicted molar refractivity (Wildman–Crippen MR) is 100 cm³/mol. The molecule has 27 heavy (non-hydrogen) atoms. The van der Waals surface area contributed by atoms with Crippen molar-refractivity contribution in [1.82, 2.24) is 19.4 Å². The van der Waals surface area contributed by atoms with Gasteiger partial charge in [-0.05, 0) is 42.8 Å². The lowest BCUT2D eigenvalue weighted by atomic mass is 9.97. The molecule has 2 aromatic heterocycles. The van der Waals surface area contributed by atoms with Gasteiger partial charge in [0.1, 0.15) is 5.82 Å². The van der Waals surface area contributed by atoms with Crippen molar-refractivity contribution in [2.24, 2.45) is 0 Å². The van der Waals surface area contributed by atoms with Crippen molar-refractivity contribution in [2.75, 3.05) is 13.1 Å². The molecule has 0 aliphatic carbocycles. The molecule has 6 nitrogen and oxygen atoms in total. The molecule has 6 heteroatoms. The molecule has 0 N–H and O–H groups in total. The van der Waals surface area contributed by atoms with Gasteiger partial charge < -0.3 is 9.47 Å². The van der Waals surface area contributed by atoms with Crippen LogP contribution in [0.3, 0.4) is 0 Å². The van der Waals surface area contributed by atoms with Crippen LogP contribution in [0.5, 0.6) is 0 Å². The van der Waals surface area contributed by atoms with Crippen LogP contribution in [0.1, 0.15) is 38.9 Å². The molecule has 3 aromatic rings. The number of aromatic nitrogens is 3. The van der Waals surface area contributed by atoms with E-state index in [-0.39, 0.29) is 11.8 Å². The van der Waals surface area contributed by atoms with Crippen LogP contribution in [0, 0.1) is 18.3 Å². The monoisotopic (exact) mass is 357 g/mol. The largest absolute Gasteiger partial charge is 0.337 e. The second kappa shape index (κ2) is 7.04. The Kier molecular flexibility index (Phi) is 4.43. The van der Waals surface area contributed by atoms with Crippen LogP contribution < -0.4 is 0 Å². The Balaban J connectivity index is 1.45. The van der Waals surface area contributed by atoms with Crippen molar-refractivity contribution < 1.29 is 4.79 Å². The molecule has 4 rings (SSSR count). The summed E-state index contributed by atoms with van der Waals surface area (Å²) in [6.45, 7) is 4.09. The standard InChI is InChI=1S/C21H19N5O/c1-15-10-24-20(26(15)12-17-3-2-8-23-11-17)19-13-25(14-19)21(27)18-6-4-16(9-22)5-7-18/h2-8,10-11,19H,12-14H2,1H3. The number of aryl methyl sites for hydroxylation is 1. The van der Waals surface area contributed by atoms with Crippen LogP contribution in [0.4, 0.5) is 0 Å². The van der Waals surface area contributed by atoms with E-state index in [4.69, 9.17) is 5.26 Å². The smallest absolute Gasteiger partial charge is 0.253 e. The van der Waals surface area contributed by atoms with E-state index in [0.717, 1.165) is 23.6 Å². The number of pyridine rings is 1. The summed E-state index contributed by atoms with van der Waals surface area (Å²) in [5, 5.41) is 8.87. The number of carbonyl (C=O) groups excluding carboxylic acids is 1. The van der Waals surface area contributed by atoms with Gasteiger partial charge in [-0.2, -0.15) is 5.26 Å². The van der Waals surface area contributed by atoms with E-state index in [0.29, 0.717) is 24.2 Å². The number of hydrogen-bond acceptors (Lipinski definition) is 4. The number of carbonyl (C=O) groups is 1. The van der Waals surface area contributed by atoms with Crippen molar-refractivity contribution in [3.63, 3.8) is 0 Å². The number of nitriles is 1. The maximum atomic E-state index is 12.6. The summed E-state index contributed by atoms with van der Waals surface area (Å²) in [6.07, 6.45) is 5.52. The van der Waals surface area contributed by atoms with E-state index < -0.39 is 0 Å². The molecule has 0 radical (unpaired) electrons. The summed E-state index contributed by atoms with van der Waals surface area (Å²) in [5.41, 5.74) is 3.40. The minimum absolute atomic E-state index is 0.00201. The summed E-state index contributed by atoms with van der Waals surface area (Å²) in [6, 6.07) is 12.8. The number of likely N-dealkylation sites (tertiary alicyclic amines) is 1. The maximum Gasteiger partial charge on any atom is 0.253 e. The third kappa shape index (κ3) is 3.32. The van der Waals surface area contributed by atoms with Crippen LogP contribution in [-0.2, 0) is 6.54 Å². The molecule has 0 unspecified atom stereocenters. The summed E-state index contributed by atoms with van der Waals surface area (Å²) in [4.78, 5) is 23.2. The van der Waals surface area contributed by atoms with E-state index in [1.165, 1.54) is 0 Å². The third-order valence-electron chi connectivity index (χ3n) is 4.94. The summed E-state index contributed by atoms with van der Waals surface area (Å²) in [5.74, 6) is 1.25. The number of benzene rings is 1. The third-order valence-corrected chi connectivity index (χ3v) is 4.94. The number of rotatable bonds is 4. The fourth-order valence-corrected chi connectivity index (χ4v) is 3.36. The molecule has 1 aromatic carbocycles. The maximum absolute atomic E-state index is 12.6. The van der Waals surface area contributed by atoms with Gasteiger partial charge in [-0.15, -0.1) is 0 Å². The lowest BCUT2D eigenvalue weighted by molar-refractivity contribution is 0.0591. The Labute approximate surface area is 157 Å². The Hall–Kier alpha value is -3.46. The van der Waals surface area contributed by atoms with E-state index in [2.05, 4.69) is 26.7 Å². The molecular formula is C21H19N5O. The van der Waals surface area contributed by atoms with Gasteiger partial charge in [0.2, 0.25) is 0 Å². The molecule has 1 fully saturated rings. The first kappa shape index (κ1) is 17.0. The highest BCUT2D eigenvalue weighted by Crippen LogP contribution is 2.28. The highest BCUT2D eigenvalue weighted by Gasteiger charge is 2.35. The Morgan fingerprint density at radius 2 is 2.00 bits per heavy atom. The topological polar surface area (TPSA) is 74.8 Å². The van der Waals surface area contributed by atoms with Gasteiger partial charge >= 0.3 is 0 Å². The normalized spacial score (nSPS) is 13.9. The summed E-state index contributed by atoms with van der Waals surface area (Å²) in [7, 11) is 0. The number of hydrogen-bond donors (Lipinski definition) is 0. The van der Waals surface area contributed by atoms with Gasteiger partial charge in [0, 0.05) is 42.9 Å². The van der Waals surface area contributed by atoms with E-state index >= 15 is 0 Å². The van der Waals surface area contributed by atoms with Gasteiger partial charge in [0.05, 0.1) is 24.1 Å². The number of nitrogens with zero attached hydrogens (tertiary/aromatic N) is 5. The minimum Gasteiger partial charge on any atom is -0.337 e. The molecule has 1 aliphatic rings. The van der Waals surface area contributed by atoms with Crippen molar-refractivity contribution in [3.8, 4) is 6.07 Å². The fourth-order valence-electron chi connectivity index (χ4n) is 3.36. The number of amides is 1. The molecule has 0 atom stereocenters. The highest BCUT2D eigenvalue weighted by molar-refractivity contribution is 5.95. The first-order valence-corrected chi connectivity index (χ1v) is 8.86. The summed E-state index contributed by atoms with van der Waals surface area (Å²) >= 11 is 0. The van der Waals surface area contributed by atoms with Crippen LogP contribution in [0.15, 0.2) is 55.0 Å². The summed E-state index contributed by atoms with van der Waals surface area (Å²) < 4.78 is 2.20. The van der Waals surface area contributed by atoms with Crippen molar-refractivity contribution in [3.05, 3.63) is 83.2 Å². The van der Waals surface area contributed by atoms with E-state index in [9.17, 15) is 4.79 Å². The Morgan fingerprint density at radius 3 is 2.67 bits per heavy atom. The van der Waals surface area contributed by atoms with Gasteiger partial charge in [-0.3, -0.25) is 9.78 Å². The fraction of sp³-hybridized carbons (Fsp3) is 0.238. The molecular weight excluding hydrogens is 338 g/mol. The van der Waals surface area contributed by atoms with E-state index in [1.807, 2.05) is 30.3 Å². The molecule has 1 amide bonds. The first-order valence-electron chi connectivity index (χ1n) is 8.86.